The number of carbonyl (C=O) groups excluding carboxylic acids is 1. The lowest BCUT2D eigenvalue weighted by Gasteiger charge is -2.29. The van der Waals surface area contributed by atoms with Gasteiger partial charge in [0.1, 0.15) is 6.61 Å². The molecular formula is C13H12F2N4O2. The molecule has 21 heavy (non-hydrogen) atoms. The van der Waals surface area contributed by atoms with E-state index >= 15 is 0 Å². The Morgan fingerprint density at radius 2 is 2.14 bits per heavy atom. The molecule has 0 radical (unpaired) electrons. The largest absolute Gasteiger partial charge is 0.486 e. The summed E-state index contributed by atoms with van der Waals surface area (Å²) in [5.41, 5.74) is 0.959. The minimum atomic E-state index is -1.10. The van der Waals surface area contributed by atoms with Crippen LogP contribution in [0.25, 0.3) is 0 Å². The van der Waals surface area contributed by atoms with Gasteiger partial charge in [-0.05, 0) is 19.1 Å². The number of nitrogens with zero attached hydrogens (tertiary/aromatic N) is 4. The summed E-state index contributed by atoms with van der Waals surface area (Å²) in [4.78, 5) is 13.8. The third-order valence-electron chi connectivity index (χ3n) is 3.44. The molecule has 0 atom stereocenters. The highest BCUT2D eigenvalue weighted by Crippen LogP contribution is 2.36. The van der Waals surface area contributed by atoms with Crippen LogP contribution in [0.4, 0.5) is 14.5 Å². The van der Waals surface area contributed by atoms with Crippen molar-refractivity contribution in [3.63, 3.8) is 0 Å². The molecule has 0 unspecified atom stereocenters. The van der Waals surface area contributed by atoms with Gasteiger partial charge in [0.25, 0.3) is 5.91 Å². The molecule has 110 valence electrons. The van der Waals surface area contributed by atoms with Crippen molar-refractivity contribution in [2.24, 2.45) is 7.05 Å². The molecule has 0 fully saturated rings. The molecule has 2 heterocycles. The average molecular weight is 294 g/mol. The lowest BCUT2D eigenvalue weighted by atomic mass is 10.2. The highest BCUT2D eigenvalue weighted by molar-refractivity contribution is 6.06. The summed E-state index contributed by atoms with van der Waals surface area (Å²) in [5, 5.41) is 7.59. The van der Waals surface area contributed by atoms with E-state index in [4.69, 9.17) is 4.74 Å². The molecule has 0 spiro atoms. The first-order chi connectivity index (χ1) is 10.0. The summed E-state index contributed by atoms with van der Waals surface area (Å²) in [7, 11) is 1.67. The van der Waals surface area contributed by atoms with Gasteiger partial charge in [-0.2, -0.15) is 4.39 Å². The predicted molar refractivity (Wildman–Crippen MR) is 69.3 cm³/mol. The average Bonchev–Trinajstić information content (AvgIpc) is 2.82. The van der Waals surface area contributed by atoms with Crippen LogP contribution in [0.5, 0.6) is 5.75 Å². The van der Waals surface area contributed by atoms with Crippen molar-refractivity contribution >= 4 is 11.6 Å². The van der Waals surface area contributed by atoms with Crippen molar-refractivity contribution in [3.05, 3.63) is 35.2 Å². The van der Waals surface area contributed by atoms with E-state index in [1.165, 1.54) is 15.6 Å². The van der Waals surface area contributed by atoms with Crippen molar-refractivity contribution in [2.75, 3.05) is 18.1 Å². The van der Waals surface area contributed by atoms with Gasteiger partial charge in [-0.3, -0.25) is 14.4 Å². The molecule has 0 bridgehead atoms. The van der Waals surface area contributed by atoms with Crippen LogP contribution in [0, 0.1) is 18.6 Å². The van der Waals surface area contributed by atoms with Gasteiger partial charge < -0.3 is 4.74 Å². The number of ether oxygens (including phenoxy) is 1. The molecule has 1 aliphatic rings. The molecule has 1 aromatic heterocycles. The minimum Gasteiger partial charge on any atom is -0.486 e. The maximum Gasteiger partial charge on any atom is 0.280 e. The number of amides is 1. The van der Waals surface area contributed by atoms with Crippen LogP contribution in [0.15, 0.2) is 12.1 Å². The van der Waals surface area contributed by atoms with Crippen molar-refractivity contribution in [2.45, 2.75) is 6.92 Å². The van der Waals surface area contributed by atoms with Crippen LogP contribution in [0.2, 0.25) is 0 Å². The SMILES string of the molecule is Cc1c(C(=O)N2CCOc3c2ccc(F)c3F)nnn1C. The summed E-state index contributed by atoms with van der Waals surface area (Å²) < 4.78 is 33.6. The Labute approximate surface area is 118 Å². The Balaban J connectivity index is 2.05. The van der Waals surface area contributed by atoms with Crippen LogP contribution < -0.4 is 9.64 Å². The second-order valence-corrected chi connectivity index (χ2v) is 4.66. The molecule has 8 heteroatoms. The number of anilines is 1. The summed E-state index contributed by atoms with van der Waals surface area (Å²) in [5.74, 6) is -2.79. The number of aromatic nitrogens is 3. The molecule has 0 saturated carbocycles. The maximum atomic E-state index is 13.7. The standard InChI is InChI=1S/C13H12F2N4O2/c1-7-11(16-17-18(7)2)13(20)19-5-6-21-12-9(19)4-3-8(14)10(12)15/h3-4H,5-6H2,1-2H3. The molecule has 0 aliphatic carbocycles. The van der Waals surface area contributed by atoms with Gasteiger partial charge in [0.15, 0.2) is 17.3 Å². The predicted octanol–water partition coefficient (Wildman–Crippen LogP) is 1.44. The molecule has 3 rings (SSSR count). The monoisotopic (exact) mass is 294 g/mol. The third-order valence-corrected chi connectivity index (χ3v) is 3.44. The molecule has 1 aliphatic heterocycles. The number of halogens is 2. The van der Waals surface area contributed by atoms with Crippen LogP contribution in [0.3, 0.4) is 0 Å². The van der Waals surface area contributed by atoms with Crippen molar-refractivity contribution < 1.29 is 18.3 Å². The van der Waals surface area contributed by atoms with Gasteiger partial charge in [0, 0.05) is 7.05 Å². The lowest BCUT2D eigenvalue weighted by molar-refractivity contribution is 0.0970. The molecule has 1 aromatic carbocycles. The van der Waals surface area contributed by atoms with E-state index in [0.717, 1.165) is 6.07 Å². The molecule has 1 amide bonds. The van der Waals surface area contributed by atoms with E-state index in [-0.39, 0.29) is 30.3 Å². The third kappa shape index (κ3) is 2.03. The Bertz CT molecular complexity index is 729. The van der Waals surface area contributed by atoms with Gasteiger partial charge in [0.2, 0.25) is 5.82 Å². The van der Waals surface area contributed by atoms with E-state index in [1.807, 2.05) is 0 Å². The topological polar surface area (TPSA) is 60.3 Å². The van der Waals surface area contributed by atoms with Gasteiger partial charge in [-0.25, -0.2) is 4.39 Å². The maximum absolute atomic E-state index is 13.7. The fourth-order valence-corrected chi connectivity index (χ4v) is 2.17. The fraction of sp³-hybridized carbons (Fsp3) is 0.308. The smallest absolute Gasteiger partial charge is 0.280 e. The number of fused-ring (bicyclic) bond motifs is 1. The highest BCUT2D eigenvalue weighted by Gasteiger charge is 2.30. The fourth-order valence-electron chi connectivity index (χ4n) is 2.17. The van der Waals surface area contributed by atoms with Crippen molar-refractivity contribution in [1.82, 2.24) is 15.0 Å². The van der Waals surface area contributed by atoms with Crippen molar-refractivity contribution in [3.8, 4) is 5.75 Å². The van der Waals surface area contributed by atoms with Gasteiger partial charge in [-0.15, -0.1) is 5.10 Å². The van der Waals surface area contributed by atoms with Gasteiger partial charge in [-0.1, -0.05) is 5.21 Å². The summed E-state index contributed by atoms with van der Waals surface area (Å²) in [6.07, 6.45) is 0. The van der Waals surface area contributed by atoms with Gasteiger partial charge >= 0.3 is 0 Å². The van der Waals surface area contributed by atoms with E-state index in [9.17, 15) is 13.6 Å². The molecule has 0 saturated heterocycles. The zero-order valence-electron chi connectivity index (χ0n) is 11.4. The number of hydrogen-bond donors (Lipinski definition) is 0. The lowest BCUT2D eigenvalue weighted by Crippen LogP contribution is -2.38. The second kappa shape index (κ2) is 4.80. The zero-order valence-corrected chi connectivity index (χ0v) is 11.4. The Morgan fingerprint density at radius 1 is 1.38 bits per heavy atom. The summed E-state index contributed by atoms with van der Waals surface area (Å²) in [6, 6.07) is 2.28. The van der Waals surface area contributed by atoms with Crippen molar-refractivity contribution in [1.29, 1.82) is 0 Å². The Kier molecular flexibility index (Phi) is 3.08. The minimum absolute atomic E-state index is 0.0818. The van der Waals surface area contributed by atoms with Crippen LogP contribution in [-0.4, -0.2) is 34.1 Å². The first kappa shape index (κ1) is 13.5. The molecular weight excluding hydrogens is 282 g/mol. The van der Waals surface area contributed by atoms with Crippen LogP contribution in [-0.2, 0) is 7.05 Å². The van der Waals surface area contributed by atoms with E-state index in [2.05, 4.69) is 10.3 Å². The summed E-state index contributed by atoms with van der Waals surface area (Å²) in [6.45, 7) is 2.02. The normalized spacial score (nSPS) is 13.8. The number of carbonyl (C=O) groups is 1. The number of rotatable bonds is 1. The second-order valence-electron chi connectivity index (χ2n) is 4.66. The van der Waals surface area contributed by atoms with E-state index < -0.39 is 17.5 Å². The molecule has 2 aromatic rings. The molecule has 0 N–H and O–H groups in total. The highest BCUT2D eigenvalue weighted by atomic mass is 19.2. The number of aryl methyl sites for hydroxylation is 1. The Hall–Kier alpha value is -2.51. The summed E-state index contributed by atoms with van der Waals surface area (Å²) >= 11 is 0. The number of benzene rings is 1. The molecule has 6 nitrogen and oxygen atoms in total. The van der Waals surface area contributed by atoms with Crippen LogP contribution >= 0.6 is 0 Å². The van der Waals surface area contributed by atoms with Gasteiger partial charge in [0.05, 0.1) is 17.9 Å². The van der Waals surface area contributed by atoms with E-state index in [0.29, 0.717) is 5.69 Å². The quantitative estimate of drug-likeness (QED) is 0.798. The number of hydrogen-bond acceptors (Lipinski definition) is 4. The zero-order chi connectivity index (χ0) is 15.1. The van der Waals surface area contributed by atoms with Crippen LogP contribution in [0.1, 0.15) is 16.2 Å². The van der Waals surface area contributed by atoms with E-state index in [1.54, 1.807) is 14.0 Å². The Morgan fingerprint density at radius 3 is 2.81 bits per heavy atom. The first-order valence-corrected chi connectivity index (χ1v) is 6.29. The first-order valence-electron chi connectivity index (χ1n) is 6.29.